The summed E-state index contributed by atoms with van der Waals surface area (Å²) in [6.45, 7) is 15.2. The van der Waals surface area contributed by atoms with E-state index in [2.05, 4.69) is 60.7 Å². The number of morpholine rings is 1. The molecule has 1 atom stereocenters. The number of hydrogen-bond acceptors (Lipinski definition) is 4. The molecule has 2 rings (SSSR count). The average Bonchev–Trinajstić information content (AvgIpc) is 3.11. The number of ether oxygens (including phenoxy) is 1. The van der Waals surface area contributed by atoms with Crippen molar-refractivity contribution in [3.8, 4) is 0 Å². The predicted molar refractivity (Wildman–Crippen MR) is 123 cm³/mol. The summed E-state index contributed by atoms with van der Waals surface area (Å²) in [6, 6.07) is 4.34. The zero-order valence-electron chi connectivity index (χ0n) is 16.6. The fraction of sp³-hybridized carbons (Fsp3) is 0.737. The van der Waals surface area contributed by atoms with Crippen LogP contribution in [0, 0.1) is 5.92 Å². The molecule has 1 aromatic rings. The van der Waals surface area contributed by atoms with Gasteiger partial charge in [0.15, 0.2) is 5.96 Å². The first kappa shape index (κ1) is 23.7. The van der Waals surface area contributed by atoms with Gasteiger partial charge in [-0.3, -0.25) is 9.89 Å². The zero-order chi connectivity index (χ0) is 18.1. The third-order valence-corrected chi connectivity index (χ3v) is 5.48. The number of rotatable bonds is 8. The predicted octanol–water partition coefficient (Wildman–Crippen LogP) is 3.21. The molecule has 0 aromatic carbocycles. The highest BCUT2D eigenvalue weighted by atomic mass is 127. The number of thiophene rings is 1. The molecule has 0 saturated carbocycles. The molecule has 7 heteroatoms. The topological polar surface area (TPSA) is 48.9 Å². The van der Waals surface area contributed by atoms with E-state index in [-0.39, 0.29) is 29.5 Å². The van der Waals surface area contributed by atoms with Crippen LogP contribution in [0.5, 0.6) is 0 Å². The molecule has 1 fully saturated rings. The van der Waals surface area contributed by atoms with Crippen molar-refractivity contribution in [1.29, 1.82) is 0 Å². The summed E-state index contributed by atoms with van der Waals surface area (Å²) in [7, 11) is 0. The molecule has 1 aliphatic heterocycles. The molecule has 1 unspecified atom stereocenters. The average molecular weight is 494 g/mol. The lowest BCUT2D eigenvalue weighted by Gasteiger charge is -2.39. The third-order valence-electron chi connectivity index (χ3n) is 4.58. The van der Waals surface area contributed by atoms with E-state index in [0.717, 1.165) is 58.3 Å². The normalized spacial score (nSPS) is 17.5. The molecule has 0 amide bonds. The number of aliphatic imine (C=N–C) groups is 1. The van der Waals surface area contributed by atoms with Crippen molar-refractivity contribution in [2.45, 2.75) is 39.7 Å². The molecule has 5 nitrogen and oxygen atoms in total. The molecule has 0 aliphatic carbocycles. The highest BCUT2D eigenvalue weighted by Crippen LogP contribution is 2.17. The lowest BCUT2D eigenvalue weighted by atomic mass is 10.0. The zero-order valence-corrected chi connectivity index (χ0v) is 19.7. The molecule has 0 radical (unpaired) electrons. The second kappa shape index (κ2) is 12.2. The van der Waals surface area contributed by atoms with Crippen LogP contribution in [0.2, 0.25) is 0 Å². The minimum atomic E-state index is 0. The lowest BCUT2D eigenvalue weighted by Crippen LogP contribution is -2.52. The summed E-state index contributed by atoms with van der Waals surface area (Å²) in [4.78, 5) is 8.77. The van der Waals surface area contributed by atoms with Gasteiger partial charge in [-0.2, -0.15) is 0 Å². The van der Waals surface area contributed by atoms with E-state index in [0.29, 0.717) is 5.92 Å². The Hall–Kier alpha value is -0.380. The van der Waals surface area contributed by atoms with Crippen LogP contribution in [0.15, 0.2) is 22.5 Å². The van der Waals surface area contributed by atoms with Gasteiger partial charge in [0.1, 0.15) is 0 Å². The standard InChI is InChI=1S/C19H34N4OS.HI/c1-5-20-18(21-14-16(2)13-17-7-6-12-25-17)22-15-19(3,4)23-8-10-24-11-9-23;/h6-7,12,16H,5,8-11,13-15H2,1-4H3,(H2,20,21,22);1H. The summed E-state index contributed by atoms with van der Waals surface area (Å²) < 4.78 is 5.47. The van der Waals surface area contributed by atoms with Gasteiger partial charge >= 0.3 is 0 Å². The Morgan fingerprint density at radius 3 is 2.69 bits per heavy atom. The fourth-order valence-corrected chi connectivity index (χ4v) is 3.87. The number of nitrogens with one attached hydrogen (secondary N) is 2. The van der Waals surface area contributed by atoms with Crippen molar-refractivity contribution in [2.24, 2.45) is 10.9 Å². The molecule has 150 valence electrons. The number of guanidine groups is 1. The van der Waals surface area contributed by atoms with Crippen LogP contribution >= 0.6 is 35.3 Å². The monoisotopic (exact) mass is 494 g/mol. The van der Waals surface area contributed by atoms with E-state index in [9.17, 15) is 0 Å². The van der Waals surface area contributed by atoms with Crippen molar-refractivity contribution in [1.82, 2.24) is 15.5 Å². The van der Waals surface area contributed by atoms with Gasteiger partial charge in [-0.15, -0.1) is 35.3 Å². The van der Waals surface area contributed by atoms with E-state index >= 15 is 0 Å². The molecule has 26 heavy (non-hydrogen) atoms. The van der Waals surface area contributed by atoms with E-state index in [1.54, 1.807) is 0 Å². The lowest BCUT2D eigenvalue weighted by molar-refractivity contribution is -0.00683. The van der Waals surface area contributed by atoms with Gasteiger partial charge in [-0.25, -0.2) is 0 Å². The first-order valence-corrected chi connectivity index (χ1v) is 10.3. The van der Waals surface area contributed by atoms with Crippen molar-refractivity contribution in [2.75, 3.05) is 45.9 Å². The van der Waals surface area contributed by atoms with Crippen LogP contribution in [0.25, 0.3) is 0 Å². The summed E-state index contributed by atoms with van der Waals surface area (Å²) >= 11 is 1.84. The molecule has 0 spiro atoms. The van der Waals surface area contributed by atoms with Crippen molar-refractivity contribution < 1.29 is 4.74 Å². The Bertz CT molecular complexity index is 516. The van der Waals surface area contributed by atoms with Crippen molar-refractivity contribution >= 4 is 41.3 Å². The maximum atomic E-state index is 5.47. The van der Waals surface area contributed by atoms with Gasteiger partial charge < -0.3 is 15.4 Å². The molecule has 2 heterocycles. The van der Waals surface area contributed by atoms with Crippen LogP contribution in [0.1, 0.15) is 32.6 Å². The minimum absolute atomic E-state index is 0. The molecular weight excluding hydrogens is 459 g/mol. The molecule has 2 N–H and O–H groups in total. The number of nitrogens with zero attached hydrogens (tertiary/aromatic N) is 2. The Balaban J connectivity index is 0.00000338. The van der Waals surface area contributed by atoms with E-state index in [1.807, 2.05) is 11.3 Å². The summed E-state index contributed by atoms with van der Waals surface area (Å²) in [5.74, 6) is 1.50. The Morgan fingerprint density at radius 1 is 1.35 bits per heavy atom. The first-order valence-electron chi connectivity index (χ1n) is 9.38. The largest absolute Gasteiger partial charge is 0.379 e. The van der Waals surface area contributed by atoms with E-state index in [1.165, 1.54) is 4.88 Å². The Kier molecular flexibility index (Phi) is 11.1. The number of halogens is 1. The maximum absolute atomic E-state index is 5.47. The van der Waals surface area contributed by atoms with Gasteiger partial charge in [-0.05, 0) is 44.6 Å². The summed E-state index contributed by atoms with van der Waals surface area (Å²) in [5.41, 5.74) is 0.0503. The SMILES string of the molecule is CCNC(=NCC(C)(C)N1CCOCC1)NCC(C)Cc1cccs1.I. The van der Waals surface area contributed by atoms with Crippen molar-refractivity contribution in [3.63, 3.8) is 0 Å². The van der Waals surface area contributed by atoms with Crippen LogP contribution < -0.4 is 10.6 Å². The fourth-order valence-electron chi connectivity index (χ4n) is 3.00. The quantitative estimate of drug-likeness (QED) is 0.331. The van der Waals surface area contributed by atoms with Gasteiger partial charge in [-0.1, -0.05) is 13.0 Å². The molecule has 1 aromatic heterocycles. The van der Waals surface area contributed by atoms with Gasteiger partial charge in [0, 0.05) is 36.6 Å². The maximum Gasteiger partial charge on any atom is 0.191 e. The van der Waals surface area contributed by atoms with Crippen LogP contribution in [0.4, 0.5) is 0 Å². The second-order valence-electron chi connectivity index (χ2n) is 7.38. The van der Waals surface area contributed by atoms with Crippen LogP contribution in [-0.2, 0) is 11.2 Å². The van der Waals surface area contributed by atoms with Gasteiger partial charge in [0.2, 0.25) is 0 Å². The summed E-state index contributed by atoms with van der Waals surface area (Å²) in [6.07, 6.45) is 1.11. The third kappa shape index (κ3) is 8.10. The number of hydrogen-bond donors (Lipinski definition) is 2. The first-order chi connectivity index (χ1) is 12.0. The van der Waals surface area contributed by atoms with E-state index in [4.69, 9.17) is 9.73 Å². The van der Waals surface area contributed by atoms with Crippen molar-refractivity contribution in [3.05, 3.63) is 22.4 Å². The smallest absolute Gasteiger partial charge is 0.191 e. The molecule has 1 saturated heterocycles. The molecule has 1 aliphatic rings. The minimum Gasteiger partial charge on any atom is -0.379 e. The molecule has 0 bridgehead atoms. The molecular formula is C19H35IN4OS. The van der Waals surface area contributed by atoms with Crippen LogP contribution in [-0.4, -0.2) is 62.3 Å². The van der Waals surface area contributed by atoms with Gasteiger partial charge in [0.25, 0.3) is 0 Å². The second-order valence-corrected chi connectivity index (χ2v) is 8.41. The van der Waals surface area contributed by atoms with Crippen LogP contribution in [0.3, 0.4) is 0 Å². The summed E-state index contributed by atoms with van der Waals surface area (Å²) in [5, 5.41) is 9.03. The Labute approximate surface area is 180 Å². The highest BCUT2D eigenvalue weighted by Gasteiger charge is 2.28. The Morgan fingerprint density at radius 2 is 2.08 bits per heavy atom. The highest BCUT2D eigenvalue weighted by molar-refractivity contribution is 14.0. The van der Waals surface area contributed by atoms with E-state index < -0.39 is 0 Å². The van der Waals surface area contributed by atoms with Gasteiger partial charge in [0.05, 0.1) is 19.8 Å².